The molecule has 2 N–H and O–H groups in total. The first-order valence-electron chi connectivity index (χ1n) is 4.91. The Morgan fingerprint density at radius 1 is 1.39 bits per heavy atom. The summed E-state index contributed by atoms with van der Waals surface area (Å²) in [5.41, 5.74) is 0. The third-order valence-corrected chi connectivity index (χ3v) is 3.60. The number of aliphatic hydroxyl groups excluding tert-OH is 1. The van der Waals surface area contributed by atoms with Crippen molar-refractivity contribution in [3.05, 3.63) is 30.1 Å². The van der Waals surface area contributed by atoms with Crippen molar-refractivity contribution in [1.29, 1.82) is 0 Å². The van der Waals surface area contributed by atoms with Gasteiger partial charge in [-0.25, -0.2) is 12.8 Å². The van der Waals surface area contributed by atoms with Crippen LogP contribution in [0.4, 0.5) is 4.39 Å². The Balaban J connectivity index is 3.01. The van der Waals surface area contributed by atoms with E-state index in [-0.39, 0.29) is 4.90 Å². The highest BCUT2D eigenvalue weighted by Gasteiger charge is 2.24. The summed E-state index contributed by atoms with van der Waals surface area (Å²) in [4.78, 5) is 10.3. The van der Waals surface area contributed by atoms with E-state index >= 15 is 0 Å². The first-order valence-corrected chi connectivity index (χ1v) is 6.39. The molecule has 100 valence electrons. The van der Waals surface area contributed by atoms with E-state index in [9.17, 15) is 22.7 Å². The van der Waals surface area contributed by atoms with E-state index in [0.717, 1.165) is 31.2 Å². The van der Waals surface area contributed by atoms with Crippen molar-refractivity contribution in [3.63, 3.8) is 0 Å². The number of benzene rings is 1. The molecular weight excluding hydrogens is 265 g/mol. The number of carboxylic acids is 1. The highest BCUT2D eigenvalue weighted by Crippen LogP contribution is 2.10. The molecule has 0 saturated carbocycles. The van der Waals surface area contributed by atoms with E-state index in [1.807, 2.05) is 0 Å². The molecule has 0 saturated heterocycles. The Bertz CT molecular complexity index is 526. The molecule has 0 amide bonds. The maximum Gasteiger partial charge on any atom is 0.241 e. The molecule has 6 nitrogen and oxygen atoms in total. The fourth-order valence-corrected chi connectivity index (χ4v) is 2.45. The summed E-state index contributed by atoms with van der Waals surface area (Å²) in [6.07, 6.45) is -1.47. The van der Waals surface area contributed by atoms with Crippen molar-refractivity contribution in [2.24, 2.45) is 0 Å². The van der Waals surface area contributed by atoms with Gasteiger partial charge in [0.15, 0.2) is 0 Å². The number of nitrogens with one attached hydrogen (secondary N) is 1. The Hall–Kier alpha value is -1.51. The second-order valence-corrected chi connectivity index (χ2v) is 5.33. The molecule has 0 unspecified atom stereocenters. The maximum atomic E-state index is 12.6. The van der Waals surface area contributed by atoms with Crippen LogP contribution in [0, 0.1) is 5.82 Å². The molecule has 1 aromatic rings. The van der Waals surface area contributed by atoms with Gasteiger partial charge in [-0.1, -0.05) is 0 Å². The van der Waals surface area contributed by atoms with Crippen LogP contribution in [0.25, 0.3) is 0 Å². The number of aliphatic hydroxyl groups is 1. The highest BCUT2D eigenvalue weighted by molar-refractivity contribution is 7.89. The van der Waals surface area contributed by atoms with Crippen LogP contribution in [-0.2, 0) is 14.8 Å². The third kappa shape index (κ3) is 3.49. The van der Waals surface area contributed by atoms with Crippen LogP contribution in [0.2, 0.25) is 0 Å². The fourth-order valence-electron chi connectivity index (χ4n) is 1.19. The molecule has 1 rings (SSSR count). The van der Waals surface area contributed by atoms with Crippen molar-refractivity contribution in [3.8, 4) is 0 Å². The van der Waals surface area contributed by atoms with Crippen LogP contribution in [0.5, 0.6) is 0 Å². The van der Waals surface area contributed by atoms with Crippen molar-refractivity contribution in [1.82, 2.24) is 4.72 Å². The second-order valence-electron chi connectivity index (χ2n) is 3.61. The van der Waals surface area contributed by atoms with E-state index in [4.69, 9.17) is 5.11 Å². The number of sulfonamides is 1. The van der Waals surface area contributed by atoms with Crippen molar-refractivity contribution in [2.75, 3.05) is 0 Å². The minimum Gasteiger partial charge on any atom is -0.548 e. The largest absolute Gasteiger partial charge is 0.548 e. The van der Waals surface area contributed by atoms with Crippen LogP contribution in [0.15, 0.2) is 29.2 Å². The topological polar surface area (TPSA) is 107 Å². The summed E-state index contributed by atoms with van der Waals surface area (Å²) in [6.45, 7) is 1.10. The molecule has 0 aliphatic carbocycles. The van der Waals surface area contributed by atoms with Gasteiger partial charge in [0, 0.05) is 0 Å². The zero-order chi connectivity index (χ0) is 13.9. The molecule has 1 aromatic carbocycles. The Morgan fingerprint density at radius 2 is 1.89 bits per heavy atom. The zero-order valence-corrected chi connectivity index (χ0v) is 10.1. The molecule has 0 bridgehead atoms. The minimum atomic E-state index is -4.16. The molecule has 0 spiro atoms. The summed E-state index contributed by atoms with van der Waals surface area (Å²) in [7, 11) is -4.16. The Morgan fingerprint density at radius 3 is 2.28 bits per heavy atom. The van der Waals surface area contributed by atoms with E-state index in [1.165, 1.54) is 0 Å². The molecule has 0 aromatic heterocycles. The lowest BCUT2D eigenvalue weighted by molar-refractivity contribution is -0.309. The van der Waals surface area contributed by atoms with Crippen LogP contribution < -0.4 is 9.83 Å². The number of carboxylic acid groups (broad SMARTS) is 1. The van der Waals surface area contributed by atoms with Gasteiger partial charge in [-0.3, -0.25) is 0 Å². The van der Waals surface area contributed by atoms with Gasteiger partial charge in [0.2, 0.25) is 10.0 Å². The second kappa shape index (κ2) is 5.42. The molecule has 0 heterocycles. The number of halogens is 1. The lowest BCUT2D eigenvalue weighted by Gasteiger charge is -2.22. The number of rotatable bonds is 5. The van der Waals surface area contributed by atoms with Gasteiger partial charge >= 0.3 is 0 Å². The van der Waals surface area contributed by atoms with E-state index in [0.29, 0.717) is 0 Å². The summed E-state index contributed by atoms with van der Waals surface area (Å²) in [6, 6.07) is 2.02. The quantitative estimate of drug-likeness (QED) is 0.688. The van der Waals surface area contributed by atoms with E-state index in [1.54, 1.807) is 4.72 Å². The van der Waals surface area contributed by atoms with Crippen LogP contribution in [-0.4, -0.2) is 31.6 Å². The molecule has 0 aliphatic rings. The Kier molecular flexibility index (Phi) is 4.38. The molecule has 18 heavy (non-hydrogen) atoms. The molecule has 2 atom stereocenters. The number of aliphatic carboxylic acids is 1. The summed E-state index contributed by atoms with van der Waals surface area (Å²) in [5.74, 6) is -2.38. The summed E-state index contributed by atoms with van der Waals surface area (Å²) >= 11 is 0. The van der Waals surface area contributed by atoms with Crippen LogP contribution in [0.1, 0.15) is 6.92 Å². The third-order valence-electron chi connectivity index (χ3n) is 2.14. The van der Waals surface area contributed by atoms with Gasteiger partial charge in [0.1, 0.15) is 5.82 Å². The van der Waals surface area contributed by atoms with Crippen molar-refractivity contribution in [2.45, 2.75) is 24.0 Å². The van der Waals surface area contributed by atoms with E-state index < -0.39 is 34.0 Å². The standard InChI is InChI=1S/C10H12FNO5S/c1-6(13)9(10(14)15)12-18(16,17)8-4-2-7(11)3-5-8/h2-6,9,12-13H,1H3,(H,14,15)/p-1/t6-,9+/m0/s1. The minimum absolute atomic E-state index is 0.309. The lowest BCUT2D eigenvalue weighted by atomic mass is 10.2. The van der Waals surface area contributed by atoms with Gasteiger partial charge in [-0.15, -0.1) is 0 Å². The smallest absolute Gasteiger partial charge is 0.241 e. The van der Waals surface area contributed by atoms with Gasteiger partial charge in [-0.2, -0.15) is 4.72 Å². The lowest BCUT2D eigenvalue weighted by Crippen LogP contribution is -2.53. The van der Waals surface area contributed by atoms with Crippen LogP contribution >= 0.6 is 0 Å². The zero-order valence-electron chi connectivity index (χ0n) is 9.33. The average Bonchev–Trinajstić information content (AvgIpc) is 2.26. The maximum absolute atomic E-state index is 12.6. The predicted molar refractivity (Wildman–Crippen MR) is 57.2 cm³/mol. The normalized spacial score (nSPS) is 15.1. The fraction of sp³-hybridized carbons (Fsp3) is 0.300. The SMILES string of the molecule is C[C@H](O)[C@@H](NS(=O)(=O)c1ccc(F)cc1)C(=O)[O-]. The molecule has 8 heteroatoms. The van der Waals surface area contributed by atoms with Gasteiger partial charge in [0.05, 0.1) is 23.0 Å². The first-order chi connectivity index (χ1) is 8.24. The van der Waals surface area contributed by atoms with Gasteiger partial charge in [0.25, 0.3) is 0 Å². The molecule has 0 fully saturated rings. The van der Waals surface area contributed by atoms with Crippen molar-refractivity contribution < 1.29 is 27.8 Å². The molecular formula is C10H11FNO5S-. The molecule has 0 radical (unpaired) electrons. The van der Waals surface area contributed by atoms with E-state index in [2.05, 4.69) is 0 Å². The highest BCUT2D eigenvalue weighted by atomic mass is 32.2. The summed E-state index contributed by atoms with van der Waals surface area (Å²) < 4.78 is 37.9. The number of hydrogen-bond donors (Lipinski definition) is 2. The number of hydrogen-bond acceptors (Lipinski definition) is 5. The monoisotopic (exact) mass is 276 g/mol. The number of carbonyl (C=O) groups is 1. The van der Waals surface area contributed by atoms with Gasteiger partial charge < -0.3 is 15.0 Å². The molecule has 0 aliphatic heterocycles. The Labute approximate surface area is 103 Å². The average molecular weight is 276 g/mol. The summed E-state index contributed by atoms with van der Waals surface area (Å²) in [5, 5.41) is 19.8. The van der Waals surface area contributed by atoms with Crippen molar-refractivity contribution >= 4 is 16.0 Å². The first kappa shape index (κ1) is 14.6. The van der Waals surface area contributed by atoms with Crippen LogP contribution in [0.3, 0.4) is 0 Å². The van der Waals surface area contributed by atoms with Gasteiger partial charge in [-0.05, 0) is 31.2 Å². The number of carbonyl (C=O) groups excluding carboxylic acids is 1. The predicted octanol–water partition coefficient (Wildman–Crippen LogP) is -1.40.